The summed E-state index contributed by atoms with van der Waals surface area (Å²) in [6.45, 7) is 0. The van der Waals surface area contributed by atoms with Crippen LogP contribution in [0.5, 0.6) is 5.75 Å². The van der Waals surface area contributed by atoms with Crippen molar-refractivity contribution in [3.8, 4) is 5.75 Å². The number of rotatable bonds is 2. The molecule has 2 unspecified atom stereocenters. The minimum atomic E-state index is -0.302. The second-order valence-corrected chi connectivity index (χ2v) is 6.89. The first-order valence-electron chi connectivity index (χ1n) is 8.57. The maximum absolute atomic E-state index is 6.29. The smallest absolute Gasteiger partial charge is 0.215 e. The minimum Gasteiger partial charge on any atom is -0.464 e. The molecule has 5 heteroatoms. The number of fused-ring (bicyclic) bond motifs is 3. The van der Waals surface area contributed by atoms with Gasteiger partial charge in [0.2, 0.25) is 6.23 Å². The van der Waals surface area contributed by atoms with Crippen molar-refractivity contribution in [3.05, 3.63) is 94.8 Å². The lowest BCUT2D eigenvalue weighted by Gasteiger charge is -2.38. The Bertz CT molecular complexity index is 975. The van der Waals surface area contributed by atoms with Crippen LogP contribution in [-0.2, 0) is 0 Å². The van der Waals surface area contributed by atoms with Gasteiger partial charge in [0, 0.05) is 35.0 Å². The van der Waals surface area contributed by atoms with Crippen molar-refractivity contribution >= 4 is 17.3 Å². The maximum atomic E-state index is 6.29. The Morgan fingerprint density at radius 2 is 1.92 bits per heavy atom. The van der Waals surface area contributed by atoms with Gasteiger partial charge in [-0.15, -0.1) is 0 Å². The van der Waals surface area contributed by atoms with E-state index in [9.17, 15) is 0 Å². The molecule has 3 heterocycles. The van der Waals surface area contributed by atoms with Crippen LogP contribution < -0.4 is 4.74 Å². The fourth-order valence-electron chi connectivity index (χ4n) is 3.61. The van der Waals surface area contributed by atoms with Crippen LogP contribution in [0.1, 0.15) is 35.4 Å². The zero-order valence-electron chi connectivity index (χ0n) is 13.9. The van der Waals surface area contributed by atoms with Crippen molar-refractivity contribution in [3.63, 3.8) is 0 Å². The number of ether oxygens (including phenoxy) is 1. The highest BCUT2D eigenvalue weighted by molar-refractivity contribution is 6.30. The van der Waals surface area contributed by atoms with Gasteiger partial charge in [0.1, 0.15) is 5.75 Å². The van der Waals surface area contributed by atoms with E-state index in [0.29, 0.717) is 5.02 Å². The quantitative estimate of drug-likeness (QED) is 0.646. The second kappa shape index (κ2) is 6.15. The molecule has 26 heavy (non-hydrogen) atoms. The van der Waals surface area contributed by atoms with E-state index < -0.39 is 0 Å². The molecule has 3 aromatic rings. The van der Waals surface area contributed by atoms with Crippen LogP contribution in [0.25, 0.3) is 0 Å². The van der Waals surface area contributed by atoms with Crippen molar-refractivity contribution in [2.24, 2.45) is 5.10 Å². The Morgan fingerprint density at radius 1 is 1.04 bits per heavy atom. The Kier molecular flexibility index (Phi) is 3.64. The van der Waals surface area contributed by atoms with Gasteiger partial charge in [-0.05, 0) is 29.8 Å². The first-order valence-corrected chi connectivity index (χ1v) is 8.95. The molecule has 0 N–H and O–H groups in total. The molecular formula is C21H16ClN3O. The molecule has 2 aromatic carbocycles. The zero-order chi connectivity index (χ0) is 17.5. The summed E-state index contributed by atoms with van der Waals surface area (Å²) in [5, 5.41) is 7.67. The van der Waals surface area contributed by atoms with Crippen LogP contribution in [-0.4, -0.2) is 15.7 Å². The third-order valence-electron chi connectivity index (χ3n) is 4.83. The van der Waals surface area contributed by atoms with Crippen LogP contribution in [0.15, 0.2) is 78.2 Å². The Labute approximate surface area is 156 Å². The number of hydrazone groups is 1. The van der Waals surface area contributed by atoms with Gasteiger partial charge < -0.3 is 4.74 Å². The normalized spacial score (nSPS) is 20.8. The number of hydrogen-bond donors (Lipinski definition) is 0. The maximum Gasteiger partial charge on any atom is 0.215 e. The molecule has 0 amide bonds. The SMILES string of the molecule is Clc1ccc2c(c1)C1CC(c3ccccc3)=NN1C(c1cccnc1)O2. The summed E-state index contributed by atoms with van der Waals surface area (Å²) in [6.07, 6.45) is 4.11. The summed E-state index contributed by atoms with van der Waals surface area (Å²) in [6, 6.07) is 20.1. The predicted octanol–water partition coefficient (Wildman–Crippen LogP) is 4.98. The lowest BCUT2D eigenvalue weighted by molar-refractivity contribution is -0.0192. The van der Waals surface area contributed by atoms with Crippen molar-refractivity contribution in [2.75, 3.05) is 0 Å². The molecule has 5 rings (SSSR count). The summed E-state index contributed by atoms with van der Waals surface area (Å²) < 4.78 is 6.29. The molecule has 0 fully saturated rings. The summed E-state index contributed by atoms with van der Waals surface area (Å²) in [4.78, 5) is 4.25. The number of benzene rings is 2. The van der Waals surface area contributed by atoms with Gasteiger partial charge in [-0.2, -0.15) is 5.10 Å². The van der Waals surface area contributed by atoms with Gasteiger partial charge in [-0.1, -0.05) is 48.0 Å². The molecule has 128 valence electrons. The number of aromatic nitrogens is 1. The molecule has 2 aliphatic heterocycles. The van der Waals surface area contributed by atoms with Crippen molar-refractivity contribution in [1.82, 2.24) is 9.99 Å². The Balaban J connectivity index is 1.62. The van der Waals surface area contributed by atoms with Gasteiger partial charge in [0.05, 0.1) is 11.8 Å². The minimum absolute atomic E-state index is 0.0952. The summed E-state index contributed by atoms with van der Waals surface area (Å²) in [7, 11) is 0. The van der Waals surface area contributed by atoms with Gasteiger partial charge in [-0.3, -0.25) is 4.98 Å². The molecule has 2 atom stereocenters. The Hall–Kier alpha value is -2.85. The monoisotopic (exact) mass is 361 g/mol. The molecule has 1 aromatic heterocycles. The van der Waals surface area contributed by atoms with Crippen LogP contribution in [0.3, 0.4) is 0 Å². The van der Waals surface area contributed by atoms with Crippen molar-refractivity contribution in [1.29, 1.82) is 0 Å². The molecule has 0 bridgehead atoms. The van der Waals surface area contributed by atoms with E-state index in [2.05, 4.69) is 17.1 Å². The van der Waals surface area contributed by atoms with Crippen molar-refractivity contribution < 1.29 is 4.74 Å². The summed E-state index contributed by atoms with van der Waals surface area (Å²) >= 11 is 6.25. The van der Waals surface area contributed by atoms with Gasteiger partial charge in [0.15, 0.2) is 0 Å². The molecule has 0 aliphatic carbocycles. The fourth-order valence-corrected chi connectivity index (χ4v) is 3.79. The van der Waals surface area contributed by atoms with Crippen molar-refractivity contribution in [2.45, 2.75) is 18.7 Å². The van der Waals surface area contributed by atoms with Gasteiger partial charge in [0.25, 0.3) is 0 Å². The second-order valence-electron chi connectivity index (χ2n) is 6.45. The molecule has 4 nitrogen and oxygen atoms in total. The lowest BCUT2D eigenvalue weighted by Crippen LogP contribution is -2.33. The van der Waals surface area contributed by atoms with Gasteiger partial charge in [-0.25, -0.2) is 5.01 Å². The van der Waals surface area contributed by atoms with E-state index in [-0.39, 0.29) is 12.3 Å². The van der Waals surface area contributed by atoms with E-state index in [1.165, 1.54) is 0 Å². The highest BCUT2D eigenvalue weighted by atomic mass is 35.5. The molecule has 0 saturated heterocycles. The molecular weight excluding hydrogens is 346 g/mol. The zero-order valence-corrected chi connectivity index (χ0v) is 14.7. The van der Waals surface area contributed by atoms with E-state index in [1.54, 1.807) is 6.20 Å². The number of pyridine rings is 1. The number of hydrogen-bond acceptors (Lipinski definition) is 4. The highest BCUT2D eigenvalue weighted by Crippen LogP contribution is 2.47. The predicted molar refractivity (Wildman–Crippen MR) is 101 cm³/mol. The van der Waals surface area contributed by atoms with Crippen LogP contribution in [0.2, 0.25) is 5.02 Å². The average Bonchev–Trinajstić information content (AvgIpc) is 3.15. The van der Waals surface area contributed by atoms with E-state index in [4.69, 9.17) is 21.4 Å². The van der Waals surface area contributed by atoms with Crippen LogP contribution in [0.4, 0.5) is 0 Å². The van der Waals surface area contributed by atoms with Crippen LogP contribution >= 0.6 is 11.6 Å². The number of nitrogens with zero attached hydrogens (tertiary/aromatic N) is 3. The highest BCUT2D eigenvalue weighted by Gasteiger charge is 2.41. The molecule has 0 spiro atoms. The van der Waals surface area contributed by atoms with E-state index in [0.717, 1.165) is 34.6 Å². The van der Waals surface area contributed by atoms with Gasteiger partial charge >= 0.3 is 0 Å². The summed E-state index contributed by atoms with van der Waals surface area (Å²) in [5.74, 6) is 0.856. The first kappa shape index (κ1) is 15.4. The number of halogens is 1. The largest absolute Gasteiger partial charge is 0.464 e. The van der Waals surface area contributed by atoms with E-state index >= 15 is 0 Å². The first-order chi connectivity index (χ1) is 12.8. The molecule has 0 radical (unpaired) electrons. The molecule has 0 saturated carbocycles. The van der Waals surface area contributed by atoms with E-state index in [1.807, 2.05) is 59.7 Å². The molecule has 2 aliphatic rings. The standard InChI is InChI=1S/C21H16ClN3O/c22-16-8-9-20-17(11-16)19-12-18(14-5-2-1-3-6-14)24-25(19)21(26-20)15-7-4-10-23-13-15/h1-11,13,19,21H,12H2. The summed E-state index contributed by atoms with van der Waals surface area (Å²) in [5.41, 5.74) is 4.25. The third kappa shape index (κ3) is 2.54. The topological polar surface area (TPSA) is 37.7 Å². The Morgan fingerprint density at radius 3 is 2.73 bits per heavy atom. The fraction of sp³-hybridized carbons (Fsp3) is 0.143. The van der Waals surface area contributed by atoms with Crippen LogP contribution in [0, 0.1) is 0 Å². The third-order valence-corrected chi connectivity index (χ3v) is 5.06. The average molecular weight is 362 g/mol. The lowest BCUT2D eigenvalue weighted by atomic mass is 9.96.